The van der Waals surface area contributed by atoms with E-state index in [2.05, 4.69) is 69.5 Å². The van der Waals surface area contributed by atoms with Crippen LogP contribution in [0.5, 0.6) is 11.5 Å². The minimum absolute atomic E-state index is 0.644. The molecule has 3 aromatic rings. The third-order valence-electron chi connectivity index (χ3n) is 9.63. The topological polar surface area (TPSA) is 18.5 Å². The molecule has 0 unspecified atom stereocenters. The van der Waals surface area contributed by atoms with Crippen LogP contribution in [0.25, 0.3) is 20.2 Å². The monoisotopic (exact) mass is 886 g/mol. The van der Waals surface area contributed by atoms with E-state index in [1.54, 1.807) is 5.79 Å². The summed E-state index contributed by atoms with van der Waals surface area (Å²) >= 11 is -0.569. The quantitative estimate of drug-likeness (QED) is 0.0659. The summed E-state index contributed by atoms with van der Waals surface area (Å²) in [5.41, 5.74) is 0. The molecule has 0 aliphatic carbocycles. The van der Waals surface area contributed by atoms with Crippen LogP contribution in [0.2, 0.25) is 29.6 Å². The average Bonchev–Trinajstić information content (AvgIpc) is 3.65. The molecule has 2 nitrogen and oxygen atoms in total. The Hall–Kier alpha value is 0.337. The van der Waals surface area contributed by atoms with Gasteiger partial charge in [-0.05, 0) is 0 Å². The van der Waals surface area contributed by atoms with Crippen LogP contribution in [-0.4, -0.2) is 50.0 Å². The van der Waals surface area contributed by atoms with Crippen molar-refractivity contribution in [1.82, 2.24) is 0 Å². The first kappa shape index (κ1) is 40.8. The van der Waals surface area contributed by atoms with Crippen LogP contribution in [0.3, 0.4) is 0 Å². The predicted molar refractivity (Wildman–Crippen MR) is 218 cm³/mol. The van der Waals surface area contributed by atoms with Crippen molar-refractivity contribution in [2.45, 2.75) is 160 Å². The summed E-state index contributed by atoms with van der Waals surface area (Å²) in [6.45, 7) is 11.0. The average molecular weight is 885 g/mol. The molecule has 0 N–H and O–H groups in total. The molecule has 0 saturated heterocycles. The molecule has 2 atom stereocenters. The summed E-state index contributed by atoms with van der Waals surface area (Å²) in [7, 11) is 0. The summed E-state index contributed by atoms with van der Waals surface area (Å²) in [5, 5.41) is 2.69. The molecule has 262 valence electrons. The van der Waals surface area contributed by atoms with Gasteiger partial charge < -0.3 is 0 Å². The molecule has 0 amide bonds. The Bertz CT molecular complexity index is 1140. The zero-order valence-electron chi connectivity index (χ0n) is 31.7. The van der Waals surface area contributed by atoms with Gasteiger partial charge in [0.15, 0.2) is 0 Å². The summed E-state index contributed by atoms with van der Waals surface area (Å²) in [6.07, 6.45) is 21.0. The van der Waals surface area contributed by atoms with E-state index in [4.69, 9.17) is 9.47 Å². The third kappa shape index (κ3) is 12.3. The normalized spacial score (nSPS) is 14.0. The van der Waals surface area contributed by atoms with Gasteiger partial charge in [0.2, 0.25) is 0 Å². The van der Waals surface area contributed by atoms with Gasteiger partial charge in [-0.3, -0.25) is 0 Å². The van der Waals surface area contributed by atoms with Crippen LogP contribution in [-0.2, 0) is 0 Å². The van der Waals surface area contributed by atoms with Gasteiger partial charge in [-0.2, -0.15) is 0 Å². The number of ether oxygens (including phenoxy) is 2. The minimum atomic E-state index is -2.33. The molecule has 0 saturated carbocycles. The zero-order valence-corrected chi connectivity index (χ0v) is 39.0. The number of thiophene rings is 2. The van der Waals surface area contributed by atoms with Crippen molar-refractivity contribution in [2.24, 2.45) is 11.8 Å². The number of fused-ring (bicyclic) bond motifs is 2. The molecule has 3 rings (SSSR count). The van der Waals surface area contributed by atoms with Gasteiger partial charge in [0.1, 0.15) is 0 Å². The fourth-order valence-corrected chi connectivity index (χ4v) is 19.2. The SMILES string of the molecule is CCCCCC[C@H](CCCC)COc1c2c[c]([Sn]([CH3])([CH3])[CH3])sc2c(OC[C@@H](CCCC)CCCCCC)c2c[c]([Sn]([CH3])([CH3])[CH3])sc12. The summed E-state index contributed by atoms with van der Waals surface area (Å²) in [4.78, 5) is 15.4. The third-order valence-corrected chi connectivity index (χ3v) is 30.8. The molecule has 2 heterocycles. The molecule has 6 heteroatoms. The Kier molecular flexibility index (Phi) is 17.9. The fourth-order valence-electron chi connectivity index (χ4n) is 6.46. The molecule has 1 aromatic carbocycles. The number of hydrogen-bond acceptors (Lipinski definition) is 4. The van der Waals surface area contributed by atoms with Crippen molar-refractivity contribution in [3.63, 3.8) is 0 Å². The van der Waals surface area contributed by atoms with Crippen LogP contribution in [0.1, 0.15) is 130 Å². The molecule has 0 fully saturated rings. The number of hydrogen-bond donors (Lipinski definition) is 0. The van der Waals surface area contributed by atoms with Crippen LogP contribution >= 0.6 is 22.7 Å². The van der Waals surface area contributed by atoms with Gasteiger partial charge in [-0.25, -0.2) is 0 Å². The Morgan fingerprint density at radius 3 is 1.17 bits per heavy atom. The summed E-state index contributed by atoms with van der Waals surface area (Å²) in [6, 6.07) is 5.11. The molecule has 0 aliphatic heterocycles. The van der Waals surface area contributed by atoms with Crippen LogP contribution < -0.4 is 15.3 Å². The van der Waals surface area contributed by atoms with E-state index in [0.717, 1.165) is 13.2 Å². The van der Waals surface area contributed by atoms with Crippen molar-refractivity contribution < 1.29 is 9.47 Å². The predicted octanol–water partition coefficient (Wildman–Crippen LogP) is 13.5. The van der Waals surface area contributed by atoms with E-state index in [-0.39, 0.29) is 0 Å². The first-order valence-corrected chi connectivity index (χ1v) is 40.8. The second-order valence-corrected chi connectivity index (χ2v) is 49.1. The number of benzene rings is 1. The van der Waals surface area contributed by atoms with Crippen molar-refractivity contribution in [1.29, 1.82) is 0 Å². The molecular formula is C40H70O2S2Sn2. The van der Waals surface area contributed by atoms with Gasteiger partial charge in [0.05, 0.1) is 0 Å². The van der Waals surface area contributed by atoms with E-state index >= 15 is 0 Å². The Morgan fingerprint density at radius 2 is 0.848 bits per heavy atom. The van der Waals surface area contributed by atoms with E-state index in [1.165, 1.54) is 134 Å². The maximum absolute atomic E-state index is 7.12. The number of rotatable bonds is 24. The molecule has 0 bridgehead atoms. The van der Waals surface area contributed by atoms with E-state index in [1.807, 2.05) is 22.7 Å². The van der Waals surface area contributed by atoms with E-state index in [9.17, 15) is 0 Å². The van der Waals surface area contributed by atoms with Crippen molar-refractivity contribution in [3.8, 4) is 11.5 Å². The van der Waals surface area contributed by atoms with Crippen LogP contribution in [0.15, 0.2) is 12.1 Å². The van der Waals surface area contributed by atoms with Gasteiger partial charge in [-0.15, -0.1) is 0 Å². The Balaban J connectivity index is 2.08. The molecule has 0 radical (unpaired) electrons. The zero-order chi connectivity index (χ0) is 33.7. The van der Waals surface area contributed by atoms with Crippen molar-refractivity contribution in [3.05, 3.63) is 12.1 Å². The molecular weight excluding hydrogens is 814 g/mol. The molecule has 0 spiro atoms. The second kappa shape index (κ2) is 20.3. The first-order valence-electron chi connectivity index (χ1n) is 19.2. The maximum atomic E-state index is 7.12. The van der Waals surface area contributed by atoms with Crippen LogP contribution in [0.4, 0.5) is 0 Å². The Morgan fingerprint density at radius 1 is 0.500 bits per heavy atom. The van der Waals surface area contributed by atoms with Crippen molar-refractivity contribution >= 4 is 85.4 Å². The fraction of sp³-hybridized carbons (Fsp3) is 0.750. The molecule has 46 heavy (non-hydrogen) atoms. The Labute approximate surface area is 300 Å². The molecule has 2 aromatic heterocycles. The van der Waals surface area contributed by atoms with Gasteiger partial charge in [0.25, 0.3) is 0 Å². The standard InChI is InChI=1S/C34H52O2S2.6CH3.2Sn/c1-5-9-13-15-19-27(17-11-7-3)25-35-31-29-21-23-38-34(29)32(30-22-24-37-33(30)31)36-26-28(18-12-8-4)20-16-14-10-6-2;;;;;;;;/h21-22,27-28H,5-20,25-26H2,1-4H3;6*1H3;;/t27-,28-;;;;;;;;/m0......../s1. The van der Waals surface area contributed by atoms with Gasteiger partial charge in [-0.1, -0.05) is 13.8 Å². The van der Waals surface area contributed by atoms with E-state index < -0.39 is 36.8 Å². The van der Waals surface area contributed by atoms with Crippen LogP contribution in [0, 0.1) is 11.8 Å². The summed E-state index contributed by atoms with van der Waals surface area (Å²) < 4.78 is 20.2. The van der Waals surface area contributed by atoms with Gasteiger partial charge in [0, 0.05) is 0 Å². The summed E-state index contributed by atoms with van der Waals surface area (Å²) in [5.74, 6) is 3.65. The van der Waals surface area contributed by atoms with E-state index in [0.29, 0.717) is 11.8 Å². The molecule has 0 aliphatic rings. The number of unbranched alkanes of at least 4 members (excludes halogenated alkanes) is 8. The second-order valence-electron chi connectivity index (χ2n) is 16.2. The first-order chi connectivity index (χ1) is 21.9. The van der Waals surface area contributed by atoms with Crippen molar-refractivity contribution in [2.75, 3.05) is 13.2 Å². The van der Waals surface area contributed by atoms with Gasteiger partial charge >= 0.3 is 290 Å².